The fourth-order valence-electron chi connectivity index (χ4n) is 3.48. The summed E-state index contributed by atoms with van der Waals surface area (Å²) in [5.41, 5.74) is 0. The summed E-state index contributed by atoms with van der Waals surface area (Å²) < 4.78 is 0. The third-order valence-corrected chi connectivity index (χ3v) is 5.09. The van der Waals surface area contributed by atoms with Crippen LogP contribution in [0, 0.1) is 23.7 Å². The molecule has 2 nitrogen and oxygen atoms in total. The minimum Gasteiger partial charge on any atom is -0.396 e. The van der Waals surface area contributed by atoms with Crippen molar-refractivity contribution >= 4 is 0 Å². The summed E-state index contributed by atoms with van der Waals surface area (Å²) >= 11 is 0. The number of aliphatic hydroxyl groups excluding tert-OH is 1. The van der Waals surface area contributed by atoms with E-state index in [0.29, 0.717) is 12.5 Å². The van der Waals surface area contributed by atoms with E-state index in [1.807, 2.05) is 0 Å². The summed E-state index contributed by atoms with van der Waals surface area (Å²) in [6.07, 6.45) is 7.98. The van der Waals surface area contributed by atoms with Gasteiger partial charge in [-0.3, -0.25) is 0 Å². The van der Waals surface area contributed by atoms with E-state index in [9.17, 15) is 5.11 Å². The summed E-state index contributed by atoms with van der Waals surface area (Å²) in [7, 11) is 0. The van der Waals surface area contributed by atoms with Crippen LogP contribution in [0.2, 0.25) is 0 Å². The van der Waals surface area contributed by atoms with E-state index in [1.165, 1.54) is 38.5 Å². The molecular weight excluding hydrogens is 210 g/mol. The van der Waals surface area contributed by atoms with Gasteiger partial charge in [-0.25, -0.2) is 0 Å². The Bertz CT molecular complexity index is 223. The van der Waals surface area contributed by atoms with E-state index in [1.54, 1.807) is 0 Å². The molecule has 2 fully saturated rings. The number of hydrogen-bond donors (Lipinski definition) is 2. The van der Waals surface area contributed by atoms with Crippen molar-refractivity contribution in [3.05, 3.63) is 0 Å². The molecule has 0 spiro atoms. The second-order valence-corrected chi connectivity index (χ2v) is 6.57. The zero-order valence-corrected chi connectivity index (χ0v) is 11.5. The Labute approximate surface area is 106 Å². The van der Waals surface area contributed by atoms with Crippen molar-refractivity contribution in [1.82, 2.24) is 5.32 Å². The molecule has 0 bridgehead atoms. The van der Waals surface area contributed by atoms with E-state index < -0.39 is 0 Å². The number of aliphatic hydroxyl groups is 1. The van der Waals surface area contributed by atoms with Crippen molar-refractivity contribution in [1.29, 1.82) is 0 Å². The zero-order chi connectivity index (χ0) is 12.3. The van der Waals surface area contributed by atoms with E-state index in [0.717, 1.165) is 30.3 Å². The first-order valence-corrected chi connectivity index (χ1v) is 7.55. The fourth-order valence-corrected chi connectivity index (χ4v) is 3.48. The second-order valence-electron chi connectivity index (χ2n) is 6.57. The van der Waals surface area contributed by atoms with Gasteiger partial charge in [-0.05, 0) is 55.9 Å². The lowest BCUT2D eigenvalue weighted by Gasteiger charge is -2.40. The minimum atomic E-state index is 0.394. The summed E-state index contributed by atoms with van der Waals surface area (Å²) in [6.45, 7) is 6.21. The second kappa shape index (κ2) is 6.19. The van der Waals surface area contributed by atoms with Crippen LogP contribution in [0.4, 0.5) is 0 Å². The van der Waals surface area contributed by atoms with Crippen LogP contribution >= 0.6 is 0 Å². The van der Waals surface area contributed by atoms with Gasteiger partial charge in [0.25, 0.3) is 0 Å². The lowest BCUT2D eigenvalue weighted by molar-refractivity contribution is 0.114. The highest BCUT2D eigenvalue weighted by Gasteiger charge is 2.32. The van der Waals surface area contributed by atoms with Gasteiger partial charge in [0.1, 0.15) is 0 Å². The maximum Gasteiger partial charge on any atom is 0.0462 e. The molecule has 2 N–H and O–H groups in total. The average molecular weight is 239 g/mol. The first-order valence-electron chi connectivity index (χ1n) is 7.55. The molecular formula is C15H29NO. The van der Waals surface area contributed by atoms with Gasteiger partial charge in [0, 0.05) is 12.6 Å². The van der Waals surface area contributed by atoms with Crippen LogP contribution in [0.15, 0.2) is 0 Å². The quantitative estimate of drug-likeness (QED) is 0.773. The Morgan fingerprint density at radius 1 is 1.12 bits per heavy atom. The third-order valence-electron chi connectivity index (χ3n) is 5.09. The van der Waals surface area contributed by atoms with Crippen molar-refractivity contribution in [2.45, 2.75) is 58.4 Å². The van der Waals surface area contributed by atoms with E-state index in [2.05, 4.69) is 19.2 Å². The molecule has 2 atom stereocenters. The summed E-state index contributed by atoms with van der Waals surface area (Å²) in [5.74, 6) is 3.10. The van der Waals surface area contributed by atoms with Crippen molar-refractivity contribution in [2.24, 2.45) is 23.7 Å². The van der Waals surface area contributed by atoms with Crippen LogP contribution in [-0.4, -0.2) is 24.3 Å². The lowest BCUT2D eigenvalue weighted by Crippen LogP contribution is -2.46. The zero-order valence-electron chi connectivity index (χ0n) is 11.5. The predicted molar refractivity (Wildman–Crippen MR) is 71.9 cm³/mol. The topological polar surface area (TPSA) is 32.3 Å². The fraction of sp³-hybridized carbons (Fsp3) is 1.00. The molecule has 100 valence electrons. The van der Waals surface area contributed by atoms with Gasteiger partial charge in [-0.15, -0.1) is 0 Å². The molecule has 2 aliphatic carbocycles. The maximum absolute atomic E-state index is 9.38. The monoisotopic (exact) mass is 239 g/mol. The van der Waals surface area contributed by atoms with Gasteiger partial charge in [0.15, 0.2) is 0 Å². The third kappa shape index (κ3) is 3.45. The van der Waals surface area contributed by atoms with Crippen molar-refractivity contribution in [3.63, 3.8) is 0 Å². The van der Waals surface area contributed by atoms with Crippen LogP contribution < -0.4 is 5.32 Å². The largest absolute Gasteiger partial charge is 0.396 e. The van der Waals surface area contributed by atoms with Crippen LogP contribution in [0.25, 0.3) is 0 Å². The molecule has 2 saturated carbocycles. The first-order chi connectivity index (χ1) is 8.20. The number of nitrogens with one attached hydrogen (secondary N) is 1. The van der Waals surface area contributed by atoms with Crippen LogP contribution in [0.5, 0.6) is 0 Å². The molecule has 2 heteroatoms. The standard InChI is InChI=1S/C15H29NO/c1-11(2)14-7-15(8-14)16-9-12-5-3-4-6-13(12)10-17/h11-17H,3-10H2,1-2H3. The van der Waals surface area contributed by atoms with E-state index >= 15 is 0 Å². The molecule has 0 heterocycles. The lowest BCUT2D eigenvalue weighted by atomic mass is 9.73. The Balaban J connectivity index is 1.65. The summed E-state index contributed by atoms with van der Waals surface area (Å²) in [5, 5.41) is 13.1. The Hall–Kier alpha value is -0.0800. The van der Waals surface area contributed by atoms with Gasteiger partial charge >= 0.3 is 0 Å². The number of rotatable bonds is 5. The van der Waals surface area contributed by atoms with Gasteiger partial charge in [-0.1, -0.05) is 26.7 Å². The molecule has 0 radical (unpaired) electrons. The van der Waals surface area contributed by atoms with Gasteiger partial charge in [0.2, 0.25) is 0 Å². The van der Waals surface area contributed by atoms with E-state index in [4.69, 9.17) is 0 Å². The highest BCUT2D eigenvalue weighted by atomic mass is 16.3. The molecule has 0 aromatic carbocycles. The summed E-state index contributed by atoms with van der Waals surface area (Å²) in [4.78, 5) is 0. The average Bonchev–Trinajstić information content (AvgIpc) is 2.27. The molecule has 0 amide bonds. The molecule has 2 rings (SSSR count). The molecule has 2 unspecified atom stereocenters. The molecule has 0 aliphatic heterocycles. The van der Waals surface area contributed by atoms with E-state index in [-0.39, 0.29) is 0 Å². The maximum atomic E-state index is 9.38. The number of hydrogen-bond acceptors (Lipinski definition) is 2. The van der Waals surface area contributed by atoms with Crippen LogP contribution in [-0.2, 0) is 0 Å². The van der Waals surface area contributed by atoms with Crippen molar-refractivity contribution in [3.8, 4) is 0 Å². The Morgan fingerprint density at radius 2 is 1.76 bits per heavy atom. The molecule has 0 aromatic rings. The van der Waals surface area contributed by atoms with Gasteiger partial charge in [-0.2, -0.15) is 0 Å². The minimum absolute atomic E-state index is 0.394. The Kier molecular flexibility index (Phi) is 4.87. The molecule has 2 aliphatic rings. The van der Waals surface area contributed by atoms with Crippen molar-refractivity contribution < 1.29 is 5.11 Å². The normalized spacial score (nSPS) is 38.1. The Morgan fingerprint density at radius 3 is 2.35 bits per heavy atom. The summed E-state index contributed by atoms with van der Waals surface area (Å²) in [6, 6.07) is 0.767. The highest BCUT2D eigenvalue weighted by Crippen LogP contribution is 2.34. The van der Waals surface area contributed by atoms with Crippen LogP contribution in [0.1, 0.15) is 52.4 Å². The predicted octanol–water partition coefficient (Wildman–Crippen LogP) is 2.81. The molecule has 17 heavy (non-hydrogen) atoms. The SMILES string of the molecule is CC(C)C1CC(NCC2CCCCC2CO)C1. The smallest absolute Gasteiger partial charge is 0.0462 e. The van der Waals surface area contributed by atoms with Gasteiger partial charge in [0.05, 0.1) is 0 Å². The van der Waals surface area contributed by atoms with Crippen LogP contribution in [0.3, 0.4) is 0 Å². The van der Waals surface area contributed by atoms with Crippen molar-refractivity contribution in [2.75, 3.05) is 13.2 Å². The highest BCUT2D eigenvalue weighted by molar-refractivity contribution is 4.88. The molecule has 0 saturated heterocycles. The molecule has 0 aromatic heterocycles. The van der Waals surface area contributed by atoms with Gasteiger partial charge < -0.3 is 10.4 Å². The first kappa shape index (κ1) is 13.4.